The molecule has 0 unspecified atom stereocenters. The van der Waals surface area contributed by atoms with E-state index in [1.165, 1.54) is 16.7 Å². The van der Waals surface area contributed by atoms with Gasteiger partial charge in [-0.05, 0) is 22.8 Å². The van der Waals surface area contributed by atoms with Gasteiger partial charge in [0.15, 0.2) is 5.78 Å². The Balaban J connectivity index is 2.37. The standard InChI is InChI=1S/C10H6O/c11-10-5-6-4-9(10)8-3-1-2-7(6)8/h1-3,5H,4H2. The fraction of sp³-hybridized carbons (Fsp3) is 0.100. The van der Waals surface area contributed by atoms with E-state index in [-0.39, 0.29) is 5.78 Å². The Kier molecular flexibility index (Phi) is 0.698. The highest BCUT2D eigenvalue weighted by molar-refractivity contribution is 6.13. The van der Waals surface area contributed by atoms with E-state index in [2.05, 4.69) is 6.08 Å². The van der Waals surface area contributed by atoms with Crippen molar-refractivity contribution in [1.29, 1.82) is 0 Å². The highest BCUT2D eigenvalue weighted by Crippen LogP contribution is 2.44. The van der Waals surface area contributed by atoms with Crippen molar-refractivity contribution in [2.24, 2.45) is 0 Å². The smallest absolute Gasteiger partial charge is 0.183 e. The maximum atomic E-state index is 11.2. The van der Waals surface area contributed by atoms with Gasteiger partial charge in [-0.3, -0.25) is 4.79 Å². The van der Waals surface area contributed by atoms with Gasteiger partial charge in [-0.1, -0.05) is 18.2 Å². The molecule has 52 valence electrons. The fourth-order valence-electron chi connectivity index (χ4n) is 1.94. The van der Waals surface area contributed by atoms with Gasteiger partial charge >= 0.3 is 0 Å². The van der Waals surface area contributed by atoms with Crippen molar-refractivity contribution in [3.05, 3.63) is 46.6 Å². The molecule has 3 aliphatic carbocycles. The van der Waals surface area contributed by atoms with E-state index in [4.69, 9.17) is 0 Å². The average Bonchev–Trinajstić information content (AvgIpc) is 2.52. The quantitative estimate of drug-likeness (QED) is 0.503. The van der Waals surface area contributed by atoms with Crippen LogP contribution in [0.4, 0.5) is 0 Å². The van der Waals surface area contributed by atoms with E-state index in [0.717, 1.165) is 12.0 Å². The topological polar surface area (TPSA) is 17.1 Å². The summed E-state index contributed by atoms with van der Waals surface area (Å²) < 4.78 is 0. The van der Waals surface area contributed by atoms with E-state index >= 15 is 0 Å². The van der Waals surface area contributed by atoms with Gasteiger partial charge in [0.25, 0.3) is 0 Å². The summed E-state index contributed by atoms with van der Waals surface area (Å²) in [4.78, 5) is 11.2. The van der Waals surface area contributed by atoms with Crippen LogP contribution < -0.4 is 0 Å². The van der Waals surface area contributed by atoms with Crippen LogP contribution in [0.25, 0.3) is 0 Å². The molecular weight excluding hydrogens is 136 g/mol. The molecule has 0 aromatic rings. The first-order valence-electron chi connectivity index (χ1n) is 3.73. The molecule has 0 aromatic heterocycles. The van der Waals surface area contributed by atoms with E-state index < -0.39 is 0 Å². The predicted octanol–water partition coefficient (Wildman–Crippen LogP) is 1.69. The number of rotatable bonds is 0. The molecule has 0 radical (unpaired) electrons. The first-order valence-corrected chi connectivity index (χ1v) is 3.73. The zero-order valence-corrected chi connectivity index (χ0v) is 5.92. The van der Waals surface area contributed by atoms with Crippen molar-refractivity contribution in [1.82, 2.24) is 0 Å². The first-order chi connectivity index (χ1) is 5.36. The summed E-state index contributed by atoms with van der Waals surface area (Å²) in [5.74, 6) is 0.221. The molecule has 0 heterocycles. The Morgan fingerprint density at radius 2 is 2.27 bits per heavy atom. The van der Waals surface area contributed by atoms with Gasteiger partial charge in [0.05, 0.1) is 0 Å². The van der Waals surface area contributed by atoms with Crippen molar-refractivity contribution in [3.8, 4) is 0 Å². The van der Waals surface area contributed by atoms with E-state index in [9.17, 15) is 4.79 Å². The lowest BCUT2D eigenvalue weighted by molar-refractivity contribution is -0.111. The third kappa shape index (κ3) is 0.463. The van der Waals surface area contributed by atoms with Gasteiger partial charge in [-0.25, -0.2) is 0 Å². The molecule has 1 nitrogen and oxygen atoms in total. The number of allylic oxidation sites excluding steroid dienone is 8. The van der Waals surface area contributed by atoms with Crippen molar-refractivity contribution in [2.45, 2.75) is 6.42 Å². The van der Waals surface area contributed by atoms with Crippen LogP contribution >= 0.6 is 0 Å². The minimum Gasteiger partial charge on any atom is -0.290 e. The molecule has 0 spiro atoms. The summed E-state index contributed by atoms with van der Waals surface area (Å²) in [7, 11) is 0. The minimum atomic E-state index is 0.221. The Labute approximate surface area is 64.4 Å². The molecule has 11 heavy (non-hydrogen) atoms. The maximum Gasteiger partial charge on any atom is 0.183 e. The van der Waals surface area contributed by atoms with E-state index in [0.29, 0.717) is 0 Å². The van der Waals surface area contributed by atoms with Crippen LogP contribution in [0.15, 0.2) is 46.6 Å². The Morgan fingerprint density at radius 1 is 1.36 bits per heavy atom. The minimum absolute atomic E-state index is 0.221. The Hall–Kier alpha value is -1.37. The Bertz CT molecular complexity index is 389. The predicted molar refractivity (Wildman–Crippen MR) is 42.0 cm³/mol. The van der Waals surface area contributed by atoms with Crippen LogP contribution in [0.2, 0.25) is 0 Å². The highest BCUT2D eigenvalue weighted by atomic mass is 16.1. The lowest BCUT2D eigenvalue weighted by Gasteiger charge is -2.00. The van der Waals surface area contributed by atoms with Gasteiger partial charge in [-0.15, -0.1) is 0 Å². The number of carbonyl (C=O) groups is 1. The third-order valence-electron chi connectivity index (χ3n) is 2.46. The van der Waals surface area contributed by atoms with Crippen LogP contribution in [-0.4, -0.2) is 5.78 Å². The number of fused-ring (bicyclic) bond motifs is 4. The number of ketones is 1. The van der Waals surface area contributed by atoms with Crippen LogP contribution in [0, 0.1) is 0 Å². The van der Waals surface area contributed by atoms with Gasteiger partial charge in [0.2, 0.25) is 0 Å². The van der Waals surface area contributed by atoms with Crippen LogP contribution in [-0.2, 0) is 4.79 Å². The SMILES string of the molecule is O=C1C=C2CC1=C1C=CC=C21. The molecule has 0 aromatic carbocycles. The second-order valence-corrected chi connectivity index (χ2v) is 3.04. The molecule has 0 saturated heterocycles. The summed E-state index contributed by atoms with van der Waals surface area (Å²) in [6.45, 7) is 0. The van der Waals surface area contributed by atoms with Crippen molar-refractivity contribution >= 4 is 5.78 Å². The molecule has 0 atom stereocenters. The molecular formula is C10H6O. The average molecular weight is 142 g/mol. The lowest BCUT2D eigenvalue weighted by atomic mass is 10.0. The summed E-state index contributed by atoms with van der Waals surface area (Å²) >= 11 is 0. The van der Waals surface area contributed by atoms with Crippen molar-refractivity contribution < 1.29 is 4.79 Å². The van der Waals surface area contributed by atoms with Gasteiger partial charge in [0, 0.05) is 12.0 Å². The molecule has 0 aliphatic heterocycles. The number of hydrogen-bond donors (Lipinski definition) is 0. The summed E-state index contributed by atoms with van der Waals surface area (Å²) in [5, 5.41) is 0. The first kappa shape index (κ1) is 5.30. The maximum absolute atomic E-state index is 11.2. The van der Waals surface area contributed by atoms with Gasteiger partial charge < -0.3 is 0 Å². The summed E-state index contributed by atoms with van der Waals surface area (Å²) in [6, 6.07) is 0. The normalized spacial score (nSPS) is 24.5. The summed E-state index contributed by atoms with van der Waals surface area (Å²) in [5.41, 5.74) is 4.66. The van der Waals surface area contributed by atoms with Crippen LogP contribution in [0.1, 0.15) is 6.42 Å². The molecule has 2 bridgehead atoms. The van der Waals surface area contributed by atoms with Gasteiger partial charge in [-0.2, -0.15) is 0 Å². The second kappa shape index (κ2) is 1.45. The molecule has 3 rings (SSSR count). The molecule has 0 saturated carbocycles. The number of hydrogen-bond acceptors (Lipinski definition) is 1. The molecule has 3 aliphatic rings. The molecule has 0 amide bonds. The van der Waals surface area contributed by atoms with Crippen molar-refractivity contribution in [3.63, 3.8) is 0 Å². The highest BCUT2D eigenvalue weighted by Gasteiger charge is 2.33. The van der Waals surface area contributed by atoms with Gasteiger partial charge in [0.1, 0.15) is 0 Å². The zero-order valence-electron chi connectivity index (χ0n) is 5.92. The second-order valence-electron chi connectivity index (χ2n) is 3.04. The zero-order chi connectivity index (χ0) is 7.42. The van der Waals surface area contributed by atoms with Crippen LogP contribution in [0.5, 0.6) is 0 Å². The lowest BCUT2D eigenvalue weighted by Crippen LogP contribution is -1.96. The number of carbonyl (C=O) groups excluding carboxylic acids is 1. The third-order valence-corrected chi connectivity index (χ3v) is 2.46. The van der Waals surface area contributed by atoms with E-state index in [1.807, 2.05) is 12.2 Å². The monoisotopic (exact) mass is 142 g/mol. The van der Waals surface area contributed by atoms with E-state index in [1.54, 1.807) is 6.08 Å². The fourth-order valence-corrected chi connectivity index (χ4v) is 1.94. The van der Waals surface area contributed by atoms with Crippen LogP contribution in [0.3, 0.4) is 0 Å². The molecule has 0 fully saturated rings. The molecule has 1 heteroatoms. The van der Waals surface area contributed by atoms with Crippen molar-refractivity contribution in [2.75, 3.05) is 0 Å². The Morgan fingerprint density at radius 3 is 3.18 bits per heavy atom. The molecule has 0 N–H and O–H groups in total. The largest absolute Gasteiger partial charge is 0.290 e. The summed E-state index contributed by atoms with van der Waals surface area (Å²) in [6.07, 6.45) is 8.77.